The predicted molar refractivity (Wildman–Crippen MR) is 148 cm³/mol. The van der Waals surface area contributed by atoms with E-state index in [1.165, 1.54) is 64.2 Å². The molecule has 208 valence electrons. The number of unbranched alkanes of at least 4 members (excludes halogenated alkanes) is 11. The monoisotopic (exact) mass is 496 g/mol. The highest BCUT2D eigenvalue weighted by molar-refractivity contribution is 5.69. The predicted octanol–water partition coefficient (Wildman–Crippen LogP) is 9.43. The molecule has 0 aliphatic rings. The molecule has 0 spiro atoms. The van der Waals surface area contributed by atoms with Crippen molar-refractivity contribution in [2.75, 3.05) is 13.2 Å². The van der Waals surface area contributed by atoms with E-state index < -0.39 is 0 Å². The first-order chi connectivity index (χ1) is 16.8. The smallest absolute Gasteiger partial charge is 0.306 e. The lowest BCUT2D eigenvalue weighted by Crippen LogP contribution is -2.11. The molecule has 0 fully saturated rings. The van der Waals surface area contributed by atoms with E-state index in [0.717, 1.165) is 44.9 Å². The molecule has 0 aromatic rings. The highest BCUT2D eigenvalue weighted by atomic mass is 16.5. The molecule has 4 heteroatoms. The van der Waals surface area contributed by atoms with Crippen molar-refractivity contribution in [3.8, 4) is 0 Å². The van der Waals surface area contributed by atoms with Gasteiger partial charge >= 0.3 is 11.9 Å². The van der Waals surface area contributed by atoms with Crippen LogP contribution in [0.2, 0.25) is 0 Å². The second-order valence-electron chi connectivity index (χ2n) is 11.6. The summed E-state index contributed by atoms with van der Waals surface area (Å²) in [5.74, 6) is 1.76. The van der Waals surface area contributed by atoms with Gasteiger partial charge in [-0.2, -0.15) is 0 Å². The van der Waals surface area contributed by atoms with Gasteiger partial charge in [-0.15, -0.1) is 0 Å². The summed E-state index contributed by atoms with van der Waals surface area (Å²) in [5, 5.41) is 0. The molecule has 0 aromatic heterocycles. The third-order valence-corrected chi connectivity index (χ3v) is 6.72. The molecular weight excluding hydrogens is 436 g/mol. The van der Waals surface area contributed by atoms with Crippen LogP contribution in [-0.4, -0.2) is 25.2 Å². The standard InChI is InChI=1S/C31H60O4/c1-27(2)20-18-24-34-30(32)23-17-15-13-11-9-7-6-8-10-12-14-16-22-29(5)26-31(33)35-25-19-21-28(3)4/h27-29H,6-26H2,1-5H3. The number of esters is 2. The number of carbonyl (C=O) groups is 2. The van der Waals surface area contributed by atoms with Gasteiger partial charge in [0.2, 0.25) is 0 Å². The van der Waals surface area contributed by atoms with E-state index in [9.17, 15) is 9.59 Å². The first kappa shape index (κ1) is 33.9. The zero-order valence-electron chi connectivity index (χ0n) is 24.2. The average molecular weight is 497 g/mol. The Labute approximate surface area is 218 Å². The van der Waals surface area contributed by atoms with E-state index in [-0.39, 0.29) is 11.9 Å². The Morgan fingerprint density at radius 3 is 1.34 bits per heavy atom. The van der Waals surface area contributed by atoms with Crippen LogP contribution in [0.25, 0.3) is 0 Å². The first-order valence-corrected chi connectivity index (χ1v) is 15.1. The van der Waals surface area contributed by atoms with E-state index >= 15 is 0 Å². The fourth-order valence-corrected chi connectivity index (χ4v) is 4.40. The Morgan fingerprint density at radius 2 is 0.886 bits per heavy atom. The molecule has 0 saturated heterocycles. The number of hydrogen-bond donors (Lipinski definition) is 0. The van der Waals surface area contributed by atoms with Crippen molar-refractivity contribution >= 4 is 11.9 Å². The van der Waals surface area contributed by atoms with Crippen LogP contribution in [0.3, 0.4) is 0 Å². The lowest BCUT2D eigenvalue weighted by Gasteiger charge is -2.11. The van der Waals surface area contributed by atoms with Crippen molar-refractivity contribution in [3.63, 3.8) is 0 Å². The van der Waals surface area contributed by atoms with Gasteiger partial charge in [0.25, 0.3) is 0 Å². The summed E-state index contributed by atoms with van der Waals surface area (Å²) in [7, 11) is 0. The molecule has 0 rings (SSSR count). The van der Waals surface area contributed by atoms with E-state index in [1.807, 2.05) is 0 Å². The summed E-state index contributed by atoms with van der Waals surface area (Å²) < 4.78 is 10.6. The van der Waals surface area contributed by atoms with Gasteiger partial charge in [-0.25, -0.2) is 0 Å². The Balaban J connectivity index is 3.31. The Kier molecular flexibility index (Phi) is 23.9. The molecule has 0 aliphatic carbocycles. The van der Waals surface area contributed by atoms with Crippen LogP contribution in [0, 0.1) is 17.8 Å². The number of hydrogen-bond acceptors (Lipinski definition) is 4. The topological polar surface area (TPSA) is 52.6 Å². The largest absolute Gasteiger partial charge is 0.466 e. The Hall–Kier alpha value is -1.06. The van der Waals surface area contributed by atoms with Crippen LogP contribution in [0.1, 0.15) is 157 Å². The van der Waals surface area contributed by atoms with Crippen LogP contribution in [0.15, 0.2) is 0 Å². The van der Waals surface area contributed by atoms with E-state index in [1.54, 1.807) is 0 Å². The quantitative estimate of drug-likeness (QED) is 0.0932. The van der Waals surface area contributed by atoms with E-state index in [4.69, 9.17) is 9.47 Å². The molecule has 1 unspecified atom stereocenters. The van der Waals surface area contributed by atoms with Crippen molar-refractivity contribution in [2.45, 2.75) is 157 Å². The number of carbonyl (C=O) groups excluding carboxylic acids is 2. The molecule has 0 aliphatic heterocycles. The summed E-state index contributed by atoms with van der Waals surface area (Å²) in [6, 6.07) is 0. The second-order valence-corrected chi connectivity index (χ2v) is 11.6. The van der Waals surface area contributed by atoms with Crippen LogP contribution in [-0.2, 0) is 19.1 Å². The molecule has 1 atom stereocenters. The van der Waals surface area contributed by atoms with Gasteiger partial charge in [-0.3, -0.25) is 9.59 Å². The van der Waals surface area contributed by atoms with Gasteiger partial charge in [0.15, 0.2) is 0 Å². The summed E-state index contributed by atoms with van der Waals surface area (Å²) >= 11 is 0. The molecule has 0 heterocycles. The van der Waals surface area contributed by atoms with Crippen molar-refractivity contribution in [2.24, 2.45) is 17.8 Å². The number of rotatable bonds is 25. The van der Waals surface area contributed by atoms with Crippen LogP contribution < -0.4 is 0 Å². The van der Waals surface area contributed by atoms with Gasteiger partial charge in [-0.05, 0) is 49.9 Å². The number of ether oxygens (including phenoxy) is 2. The van der Waals surface area contributed by atoms with Gasteiger partial charge in [0, 0.05) is 12.8 Å². The molecule has 0 radical (unpaired) electrons. The Morgan fingerprint density at radius 1 is 0.486 bits per heavy atom. The summed E-state index contributed by atoms with van der Waals surface area (Å²) in [5.41, 5.74) is 0. The van der Waals surface area contributed by atoms with Gasteiger partial charge < -0.3 is 9.47 Å². The average Bonchev–Trinajstić information content (AvgIpc) is 2.79. The fraction of sp³-hybridized carbons (Fsp3) is 0.935. The fourth-order valence-electron chi connectivity index (χ4n) is 4.40. The first-order valence-electron chi connectivity index (χ1n) is 15.1. The maximum atomic E-state index is 11.9. The minimum Gasteiger partial charge on any atom is -0.466 e. The Bertz CT molecular complexity index is 486. The summed E-state index contributed by atoms with van der Waals surface area (Å²) in [6.07, 6.45) is 21.7. The lowest BCUT2D eigenvalue weighted by atomic mass is 9.98. The third-order valence-electron chi connectivity index (χ3n) is 6.72. The lowest BCUT2D eigenvalue weighted by molar-refractivity contribution is -0.145. The third kappa shape index (κ3) is 27.4. The van der Waals surface area contributed by atoms with Gasteiger partial charge in [0.05, 0.1) is 13.2 Å². The molecule has 0 N–H and O–H groups in total. The van der Waals surface area contributed by atoms with Gasteiger partial charge in [0.1, 0.15) is 0 Å². The van der Waals surface area contributed by atoms with Crippen LogP contribution in [0.4, 0.5) is 0 Å². The van der Waals surface area contributed by atoms with Crippen LogP contribution in [0.5, 0.6) is 0 Å². The molecule has 0 amide bonds. The molecule has 0 saturated carbocycles. The zero-order valence-corrected chi connectivity index (χ0v) is 24.2. The normalized spacial score (nSPS) is 12.3. The molecule has 0 aromatic carbocycles. The minimum atomic E-state index is -0.0173. The van der Waals surface area contributed by atoms with Crippen molar-refractivity contribution in [1.29, 1.82) is 0 Å². The summed E-state index contributed by atoms with van der Waals surface area (Å²) in [6.45, 7) is 12.1. The van der Waals surface area contributed by atoms with Gasteiger partial charge in [-0.1, -0.05) is 112 Å². The maximum Gasteiger partial charge on any atom is 0.306 e. The van der Waals surface area contributed by atoms with Crippen LogP contribution >= 0.6 is 0 Å². The van der Waals surface area contributed by atoms with Crippen molar-refractivity contribution in [3.05, 3.63) is 0 Å². The maximum absolute atomic E-state index is 11.9. The molecular formula is C31H60O4. The molecule has 4 nitrogen and oxygen atoms in total. The zero-order chi connectivity index (χ0) is 26.2. The van der Waals surface area contributed by atoms with E-state index in [2.05, 4.69) is 34.6 Å². The SMILES string of the molecule is CC(C)CCCOC(=O)CCCCCCCCCCCCCCC(C)CC(=O)OCCCC(C)C. The van der Waals surface area contributed by atoms with Crippen molar-refractivity contribution in [1.82, 2.24) is 0 Å². The van der Waals surface area contributed by atoms with Crippen molar-refractivity contribution < 1.29 is 19.1 Å². The molecule has 35 heavy (non-hydrogen) atoms. The summed E-state index contributed by atoms with van der Waals surface area (Å²) in [4.78, 5) is 23.6. The molecule has 0 bridgehead atoms. The van der Waals surface area contributed by atoms with E-state index in [0.29, 0.717) is 43.8 Å². The highest BCUT2D eigenvalue weighted by Gasteiger charge is 2.10. The minimum absolute atomic E-state index is 0.0155. The highest BCUT2D eigenvalue weighted by Crippen LogP contribution is 2.17. The second kappa shape index (κ2) is 24.6.